The van der Waals surface area contributed by atoms with Crippen LogP contribution >= 0.6 is 0 Å². The van der Waals surface area contributed by atoms with Crippen LogP contribution in [0.4, 0.5) is 0 Å². The lowest BCUT2D eigenvalue weighted by atomic mass is 9.77. The predicted octanol–water partition coefficient (Wildman–Crippen LogP) is 3.00. The van der Waals surface area contributed by atoms with Crippen LogP contribution in [0, 0.1) is 11.8 Å². The molecule has 3 aromatic rings. The van der Waals surface area contributed by atoms with Gasteiger partial charge in [-0.1, -0.05) is 72.8 Å². The van der Waals surface area contributed by atoms with Gasteiger partial charge in [0.1, 0.15) is 5.54 Å². The molecule has 0 aliphatic carbocycles. The maximum atomic E-state index is 13.6. The van der Waals surface area contributed by atoms with Crippen LogP contribution in [0.1, 0.15) is 34.8 Å². The topological polar surface area (TPSA) is 137 Å². The molecule has 2 aromatic carbocycles. The molecule has 0 radical (unpaired) electrons. The largest absolute Gasteiger partial charge is 0.481 e. The number of nitrogens with zero attached hydrogens (tertiary/aromatic N) is 2. The number of pyridine rings is 1. The van der Waals surface area contributed by atoms with E-state index in [1.807, 2.05) is 54.6 Å². The first-order valence-electron chi connectivity index (χ1n) is 12.1. The van der Waals surface area contributed by atoms with Gasteiger partial charge in [-0.15, -0.1) is 0 Å². The fraction of sp³-hybridized carbons (Fsp3) is 0.207. The van der Waals surface area contributed by atoms with Gasteiger partial charge < -0.3 is 10.2 Å². The highest BCUT2D eigenvalue weighted by molar-refractivity contribution is 6.10. The van der Waals surface area contributed by atoms with Crippen molar-refractivity contribution in [2.45, 2.75) is 24.5 Å². The zero-order valence-electron chi connectivity index (χ0n) is 20.2. The van der Waals surface area contributed by atoms with E-state index in [1.165, 1.54) is 6.20 Å². The molecule has 0 spiro atoms. The van der Waals surface area contributed by atoms with Crippen LogP contribution in [-0.2, 0) is 25.7 Å². The van der Waals surface area contributed by atoms with Crippen LogP contribution in [0.2, 0.25) is 0 Å². The normalized spacial score (nSPS) is 24.6. The number of carboxylic acid groups (broad SMARTS) is 2. The van der Waals surface area contributed by atoms with E-state index in [-0.39, 0.29) is 6.54 Å². The molecule has 4 unspecified atom stereocenters. The Balaban J connectivity index is 1.49. The number of benzene rings is 2. The van der Waals surface area contributed by atoms with E-state index in [4.69, 9.17) is 0 Å². The number of amides is 2. The van der Waals surface area contributed by atoms with Crippen LogP contribution < -0.4 is 5.32 Å². The van der Waals surface area contributed by atoms with Crippen molar-refractivity contribution in [1.29, 1.82) is 0 Å². The number of hydrogen-bond donors (Lipinski definition) is 3. The van der Waals surface area contributed by atoms with Crippen molar-refractivity contribution in [2.24, 2.45) is 11.8 Å². The van der Waals surface area contributed by atoms with Crippen molar-refractivity contribution in [3.63, 3.8) is 0 Å². The average molecular weight is 512 g/mol. The lowest BCUT2D eigenvalue weighted by molar-refractivity contribution is -0.156. The fourth-order valence-corrected chi connectivity index (χ4v) is 5.40. The quantitative estimate of drug-likeness (QED) is 0.310. The van der Waals surface area contributed by atoms with Crippen molar-refractivity contribution >= 4 is 35.9 Å². The Morgan fingerprint density at radius 1 is 0.895 bits per heavy atom. The Morgan fingerprint density at radius 3 is 2.16 bits per heavy atom. The second-order valence-corrected chi connectivity index (χ2v) is 9.47. The summed E-state index contributed by atoms with van der Waals surface area (Å²) in [5.74, 6) is -6.59. The van der Waals surface area contributed by atoms with E-state index < -0.39 is 53.6 Å². The summed E-state index contributed by atoms with van der Waals surface area (Å²) in [4.78, 5) is 56.6. The van der Waals surface area contributed by atoms with Gasteiger partial charge in [0.05, 0.1) is 30.5 Å². The number of rotatable bonds is 8. The van der Waals surface area contributed by atoms with Crippen molar-refractivity contribution in [3.05, 3.63) is 101 Å². The molecule has 3 heterocycles. The number of aliphatic carboxylic acids is 2. The number of carbonyl (C=O) groups excluding carboxylic acids is 2. The van der Waals surface area contributed by atoms with E-state index in [2.05, 4.69) is 10.3 Å². The van der Waals surface area contributed by atoms with E-state index in [0.29, 0.717) is 11.3 Å². The van der Waals surface area contributed by atoms with Crippen LogP contribution in [0.3, 0.4) is 0 Å². The first kappa shape index (κ1) is 25.0. The summed E-state index contributed by atoms with van der Waals surface area (Å²) in [7, 11) is 0. The highest BCUT2D eigenvalue weighted by Gasteiger charge is 2.69. The molecule has 9 nitrogen and oxygen atoms in total. The summed E-state index contributed by atoms with van der Waals surface area (Å²) in [6.45, 7) is -0.121. The van der Waals surface area contributed by atoms with Gasteiger partial charge in [-0.3, -0.25) is 34.4 Å². The van der Waals surface area contributed by atoms with Gasteiger partial charge in [0.25, 0.3) is 0 Å². The van der Waals surface area contributed by atoms with E-state index >= 15 is 0 Å². The van der Waals surface area contributed by atoms with Gasteiger partial charge in [-0.05, 0) is 28.8 Å². The van der Waals surface area contributed by atoms with Crippen molar-refractivity contribution < 1.29 is 29.4 Å². The number of imide groups is 1. The van der Waals surface area contributed by atoms with Gasteiger partial charge in [0.15, 0.2) is 0 Å². The molecule has 2 aliphatic heterocycles. The van der Waals surface area contributed by atoms with Crippen LogP contribution in [0.25, 0.3) is 12.2 Å². The van der Waals surface area contributed by atoms with E-state index in [0.717, 1.165) is 16.0 Å². The minimum atomic E-state index is -2.14. The third-order valence-electron chi connectivity index (χ3n) is 7.17. The van der Waals surface area contributed by atoms with Crippen LogP contribution in [-0.4, -0.2) is 49.4 Å². The summed E-state index contributed by atoms with van der Waals surface area (Å²) in [5, 5.41) is 22.7. The van der Waals surface area contributed by atoms with E-state index in [1.54, 1.807) is 30.3 Å². The van der Waals surface area contributed by atoms with Crippen LogP contribution in [0.15, 0.2) is 79.0 Å². The second-order valence-electron chi connectivity index (χ2n) is 9.47. The number of nitrogens with one attached hydrogen (secondary N) is 1. The molecule has 1 aromatic heterocycles. The number of hydrogen-bond acceptors (Lipinski definition) is 6. The number of likely N-dealkylation sites (tertiary alicyclic amines) is 1. The molecule has 2 fully saturated rings. The summed E-state index contributed by atoms with van der Waals surface area (Å²) in [6, 6.07) is 21.2. The number of fused-ring (bicyclic) bond motifs is 1. The molecule has 2 saturated heterocycles. The molecular weight excluding hydrogens is 486 g/mol. The van der Waals surface area contributed by atoms with Crippen molar-refractivity contribution in [3.8, 4) is 0 Å². The zero-order chi connectivity index (χ0) is 26.9. The van der Waals surface area contributed by atoms with Crippen LogP contribution in [0.5, 0.6) is 0 Å². The highest BCUT2D eigenvalue weighted by Crippen LogP contribution is 2.50. The summed E-state index contributed by atoms with van der Waals surface area (Å²) in [6.07, 6.45) is 4.56. The Hall–Kier alpha value is -4.63. The van der Waals surface area contributed by atoms with Crippen molar-refractivity contribution in [1.82, 2.24) is 15.2 Å². The molecule has 2 amide bonds. The lowest BCUT2D eigenvalue weighted by Crippen LogP contribution is -2.56. The Kier molecular flexibility index (Phi) is 6.61. The van der Waals surface area contributed by atoms with Gasteiger partial charge in [0, 0.05) is 12.2 Å². The second kappa shape index (κ2) is 10.0. The Morgan fingerprint density at radius 2 is 1.55 bits per heavy atom. The molecule has 0 bridgehead atoms. The van der Waals surface area contributed by atoms with Gasteiger partial charge in [-0.25, -0.2) is 0 Å². The highest BCUT2D eigenvalue weighted by atomic mass is 16.4. The van der Waals surface area contributed by atoms with Gasteiger partial charge in [0.2, 0.25) is 11.8 Å². The minimum Gasteiger partial charge on any atom is -0.481 e. The summed E-state index contributed by atoms with van der Waals surface area (Å²) < 4.78 is 0. The molecule has 192 valence electrons. The Labute approximate surface area is 218 Å². The van der Waals surface area contributed by atoms with Crippen molar-refractivity contribution in [2.75, 3.05) is 0 Å². The first-order valence-corrected chi connectivity index (χ1v) is 12.1. The van der Waals surface area contributed by atoms with Gasteiger partial charge in [-0.2, -0.15) is 0 Å². The summed E-state index contributed by atoms with van der Waals surface area (Å²) in [5.41, 5.74) is 0.824. The zero-order valence-corrected chi connectivity index (χ0v) is 20.2. The van der Waals surface area contributed by atoms with Gasteiger partial charge >= 0.3 is 11.9 Å². The molecule has 38 heavy (non-hydrogen) atoms. The molecule has 0 saturated carbocycles. The standard InChI is InChI=1S/C29H25N3O6/c33-22(34)16-29(28(37)38)24-23(26(35)32(27(24)36)17-21-8-4-5-15-30-21)25(31-29)20-13-11-19(12-14-20)10-9-18-6-2-1-3-7-18/h1-15,23-25,31H,16-17H2,(H,33,34)(H,37,38). The number of aromatic nitrogens is 1. The predicted molar refractivity (Wildman–Crippen MR) is 137 cm³/mol. The fourth-order valence-electron chi connectivity index (χ4n) is 5.40. The minimum absolute atomic E-state index is 0.121. The molecular formula is C29H25N3O6. The Bertz CT molecular complexity index is 1410. The number of carboxylic acids is 2. The number of carbonyl (C=O) groups is 4. The monoisotopic (exact) mass is 511 g/mol. The average Bonchev–Trinajstić information content (AvgIpc) is 3.38. The maximum Gasteiger partial charge on any atom is 0.325 e. The molecule has 4 atom stereocenters. The first-order chi connectivity index (χ1) is 18.3. The molecule has 5 rings (SSSR count). The smallest absolute Gasteiger partial charge is 0.325 e. The SMILES string of the molecule is O=C(O)CC1(C(=O)O)NC(c2ccc(C=Cc3ccccc3)cc2)C2C(=O)N(Cc3ccccn3)C(=O)C21. The van der Waals surface area contributed by atoms with E-state index in [9.17, 15) is 29.4 Å². The summed E-state index contributed by atoms with van der Waals surface area (Å²) >= 11 is 0. The molecule has 9 heteroatoms. The third kappa shape index (κ3) is 4.48. The molecule has 3 N–H and O–H groups in total. The molecule has 2 aliphatic rings. The lowest BCUT2D eigenvalue weighted by Gasteiger charge is -2.29. The maximum absolute atomic E-state index is 13.6. The third-order valence-corrected chi connectivity index (χ3v) is 7.17.